The molecular weight excluding hydrogens is 262 g/mol. The molecule has 0 aromatic carbocycles. The van der Waals surface area contributed by atoms with Gasteiger partial charge in [0.1, 0.15) is 5.82 Å². The van der Waals surface area contributed by atoms with Gasteiger partial charge in [0, 0.05) is 19.3 Å². The minimum absolute atomic E-state index is 0.0140. The van der Waals surface area contributed by atoms with Crippen LogP contribution in [0.4, 0.5) is 5.82 Å². The summed E-state index contributed by atoms with van der Waals surface area (Å²) in [5.74, 6) is 1.42. The summed E-state index contributed by atoms with van der Waals surface area (Å²) >= 11 is 5.69. The minimum Gasteiger partial charge on any atom is -0.354 e. The summed E-state index contributed by atoms with van der Waals surface area (Å²) in [6.07, 6.45) is 3.88. The molecule has 0 bridgehead atoms. The maximum Gasteiger partial charge on any atom is 0.152 e. The molecule has 0 radical (unpaired) electrons. The molecule has 2 heterocycles. The van der Waals surface area contributed by atoms with E-state index in [2.05, 4.69) is 9.97 Å². The Labute approximate surface area is 106 Å². The minimum atomic E-state index is -2.88. The first-order valence-corrected chi connectivity index (χ1v) is 7.67. The highest BCUT2D eigenvalue weighted by molar-refractivity contribution is 7.91. The largest absolute Gasteiger partial charge is 0.354 e. The molecule has 1 fully saturated rings. The van der Waals surface area contributed by atoms with Crippen molar-refractivity contribution in [2.45, 2.75) is 18.3 Å². The van der Waals surface area contributed by atoms with Crippen molar-refractivity contribution in [2.75, 3.05) is 23.5 Å². The van der Waals surface area contributed by atoms with Gasteiger partial charge in [-0.25, -0.2) is 13.4 Å². The molecule has 0 aliphatic carbocycles. The quantitative estimate of drug-likeness (QED) is 0.765. The van der Waals surface area contributed by atoms with Crippen molar-refractivity contribution in [1.29, 1.82) is 0 Å². The van der Waals surface area contributed by atoms with E-state index in [0.717, 1.165) is 0 Å². The Hall–Kier alpha value is -0.880. The Morgan fingerprint density at radius 3 is 2.88 bits per heavy atom. The molecular formula is C10H14ClN3O2S. The molecule has 0 spiro atoms. The first-order valence-electron chi connectivity index (χ1n) is 5.32. The van der Waals surface area contributed by atoms with Crippen LogP contribution in [0.3, 0.4) is 0 Å². The summed E-state index contributed by atoms with van der Waals surface area (Å²) in [5.41, 5.74) is 0.692. The van der Waals surface area contributed by atoms with Gasteiger partial charge in [0.25, 0.3) is 0 Å². The Bertz CT molecular complexity index is 506. The highest BCUT2D eigenvalue weighted by Gasteiger charge is 2.31. The van der Waals surface area contributed by atoms with Gasteiger partial charge in [-0.3, -0.25) is 4.98 Å². The van der Waals surface area contributed by atoms with E-state index in [1.165, 1.54) is 0 Å². The molecule has 0 amide bonds. The number of anilines is 1. The van der Waals surface area contributed by atoms with Crippen molar-refractivity contribution in [3.63, 3.8) is 0 Å². The molecule has 0 N–H and O–H groups in total. The van der Waals surface area contributed by atoms with Crippen molar-refractivity contribution < 1.29 is 8.42 Å². The average molecular weight is 276 g/mol. The molecule has 1 atom stereocenters. The fourth-order valence-corrected chi connectivity index (χ4v) is 3.80. The van der Waals surface area contributed by atoms with Gasteiger partial charge in [-0.15, -0.1) is 11.6 Å². The van der Waals surface area contributed by atoms with E-state index >= 15 is 0 Å². The second-order valence-electron chi connectivity index (χ2n) is 4.17. The number of nitrogens with zero attached hydrogens (tertiary/aromatic N) is 3. The van der Waals surface area contributed by atoms with Gasteiger partial charge >= 0.3 is 0 Å². The predicted octanol–water partition coefficient (Wildman–Crippen LogP) is 0.839. The standard InChI is InChI=1S/C10H14ClN3O2S/c1-14(9-2-3-17(15,16)7-9)10-6-12-5-8(4-11)13-10/h5-6,9H,2-4,7H2,1H3. The van der Waals surface area contributed by atoms with E-state index in [1.54, 1.807) is 12.4 Å². The van der Waals surface area contributed by atoms with Gasteiger partial charge in [-0.1, -0.05) is 0 Å². The van der Waals surface area contributed by atoms with E-state index in [4.69, 9.17) is 11.6 Å². The third kappa shape index (κ3) is 2.87. The molecule has 5 nitrogen and oxygen atoms in total. The van der Waals surface area contributed by atoms with Gasteiger partial charge in [-0.2, -0.15) is 0 Å². The first kappa shape index (κ1) is 12.6. The van der Waals surface area contributed by atoms with E-state index < -0.39 is 9.84 Å². The Morgan fingerprint density at radius 1 is 1.53 bits per heavy atom. The lowest BCUT2D eigenvalue weighted by molar-refractivity contribution is 0.600. The molecule has 94 valence electrons. The Balaban J connectivity index is 2.17. The van der Waals surface area contributed by atoms with Crippen LogP contribution < -0.4 is 4.90 Å². The van der Waals surface area contributed by atoms with Crippen molar-refractivity contribution in [3.8, 4) is 0 Å². The van der Waals surface area contributed by atoms with Crippen LogP contribution in [-0.2, 0) is 15.7 Å². The maximum atomic E-state index is 11.4. The van der Waals surface area contributed by atoms with Crippen LogP contribution >= 0.6 is 11.6 Å². The first-order chi connectivity index (χ1) is 8.02. The molecule has 1 unspecified atom stereocenters. The summed E-state index contributed by atoms with van der Waals surface area (Å²) < 4.78 is 22.8. The zero-order valence-electron chi connectivity index (χ0n) is 9.50. The van der Waals surface area contributed by atoms with E-state index in [-0.39, 0.29) is 17.5 Å². The number of hydrogen-bond acceptors (Lipinski definition) is 5. The van der Waals surface area contributed by atoms with Crippen LogP contribution in [0.25, 0.3) is 0 Å². The summed E-state index contributed by atoms with van der Waals surface area (Å²) in [7, 11) is -1.04. The second kappa shape index (κ2) is 4.78. The number of sulfone groups is 1. The molecule has 7 heteroatoms. The van der Waals surface area contributed by atoms with Crippen molar-refractivity contribution >= 4 is 27.3 Å². The molecule has 17 heavy (non-hydrogen) atoms. The fourth-order valence-electron chi connectivity index (χ4n) is 1.90. The summed E-state index contributed by atoms with van der Waals surface area (Å²) in [6.45, 7) is 0. The highest BCUT2D eigenvalue weighted by atomic mass is 35.5. The van der Waals surface area contributed by atoms with Crippen molar-refractivity contribution in [1.82, 2.24) is 9.97 Å². The topological polar surface area (TPSA) is 63.2 Å². The summed E-state index contributed by atoms with van der Waals surface area (Å²) in [6, 6.07) is -0.0140. The second-order valence-corrected chi connectivity index (χ2v) is 6.67. The van der Waals surface area contributed by atoms with Crippen LogP contribution in [0.5, 0.6) is 0 Å². The third-order valence-electron chi connectivity index (χ3n) is 2.93. The average Bonchev–Trinajstić information content (AvgIpc) is 2.69. The number of alkyl halides is 1. The summed E-state index contributed by atoms with van der Waals surface area (Å²) in [5, 5.41) is 0. The summed E-state index contributed by atoms with van der Waals surface area (Å²) in [4.78, 5) is 10.2. The lowest BCUT2D eigenvalue weighted by Gasteiger charge is -2.24. The number of hydrogen-bond donors (Lipinski definition) is 0. The van der Waals surface area contributed by atoms with Crippen LogP contribution in [0.1, 0.15) is 12.1 Å². The third-order valence-corrected chi connectivity index (χ3v) is 4.95. The SMILES string of the molecule is CN(c1cncc(CCl)n1)C1CCS(=O)(=O)C1. The predicted molar refractivity (Wildman–Crippen MR) is 67.1 cm³/mol. The Morgan fingerprint density at radius 2 is 2.29 bits per heavy atom. The van der Waals surface area contributed by atoms with Crippen LogP contribution in [0, 0.1) is 0 Å². The van der Waals surface area contributed by atoms with E-state index in [0.29, 0.717) is 23.8 Å². The Kier molecular flexibility index (Phi) is 3.53. The molecule has 1 aromatic rings. The number of rotatable bonds is 3. The molecule has 2 rings (SSSR count). The molecule has 1 aliphatic rings. The lowest BCUT2D eigenvalue weighted by atomic mass is 10.2. The fraction of sp³-hybridized carbons (Fsp3) is 0.600. The van der Waals surface area contributed by atoms with Crippen LogP contribution in [0.15, 0.2) is 12.4 Å². The van der Waals surface area contributed by atoms with Gasteiger partial charge in [0.05, 0.1) is 29.3 Å². The van der Waals surface area contributed by atoms with Gasteiger partial charge in [0.2, 0.25) is 0 Å². The monoisotopic (exact) mass is 275 g/mol. The van der Waals surface area contributed by atoms with Crippen molar-refractivity contribution in [3.05, 3.63) is 18.1 Å². The van der Waals surface area contributed by atoms with Gasteiger partial charge < -0.3 is 4.90 Å². The normalized spacial score (nSPS) is 22.6. The van der Waals surface area contributed by atoms with Crippen LogP contribution in [0.2, 0.25) is 0 Å². The number of aromatic nitrogens is 2. The van der Waals surface area contributed by atoms with Gasteiger partial charge in [-0.05, 0) is 6.42 Å². The zero-order valence-corrected chi connectivity index (χ0v) is 11.1. The van der Waals surface area contributed by atoms with Gasteiger partial charge in [0.15, 0.2) is 9.84 Å². The zero-order chi connectivity index (χ0) is 12.5. The highest BCUT2D eigenvalue weighted by Crippen LogP contribution is 2.21. The molecule has 1 saturated heterocycles. The molecule has 1 aliphatic heterocycles. The number of halogens is 1. The van der Waals surface area contributed by atoms with Crippen LogP contribution in [-0.4, -0.2) is 43.0 Å². The van der Waals surface area contributed by atoms with Crippen molar-refractivity contribution in [2.24, 2.45) is 0 Å². The molecule has 0 saturated carbocycles. The van der Waals surface area contributed by atoms with E-state index in [9.17, 15) is 8.42 Å². The molecule has 1 aromatic heterocycles. The lowest BCUT2D eigenvalue weighted by Crippen LogP contribution is -2.33. The smallest absolute Gasteiger partial charge is 0.152 e. The van der Waals surface area contributed by atoms with E-state index in [1.807, 2.05) is 11.9 Å². The maximum absolute atomic E-state index is 11.4.